The van der Waals surface area contributed by atoms with Gasteiger partial charge in [0.25, 0.3) is 0 Å². The van der Waals surface area contributed by atoms with Crippen molar-refractivity contribution in [1.29, 1.82) is 0 Å². The lowest BCUT2D eigenvalue weighted by atomic mass is 10.2. The van der Waals surface area contributed by atoms with E-state index in [0.29, 0.717) is 11.6 Å². The molecule has 0 radical (unpaired) electrons. The smallest absolute Gasteiger partial charge is 0.316 e. The Morgan fingerprint density at radius 2 is 1.55 bits per heavy atom. The van der Waals surface area contributed by atoms with Gasteiger partial charge in [-0.25, -0.2) is 0 Å². The molecule has 3 rings (SSSR count). The van der Waals surface area contributed by atoms with Crippen molar-refractivity contribution in [3.8, 4) is 23.2 Å². The maximum Gasteiger partial charge on any atom is 0.316 e. The highest BCUT2D eigenvalue weighted by molar-refractivity contribution is 5.61. The third-order valence-corrected chi connectivity index (χ3v) is 3.39. The molecule has 0 fully saturated rings. The zero-order valence-electron chi connectivity index (χ0n) is 12.8. The summed E-state index contributed by atoms with van der Waals surface area (Å²) in [6.07, 6.45) is 0. The molecule has 0 atom stereocenters. The van der Waals surface area contributed by atoms with Crippen LogP contribution in [0.4, 0.5) is 5.69 Å². The van der Waals surface area contributed by atoms with Crippen LogP contribution in [0.3, 0.4) is 0 Å². The van der Waals surface area contributed by atoms with Gasteiger partial charge in [-0.05, 0) is 45.0 Å². The molecule has 0 aliphatic carbocycles. The van der Waals surface area contributed by atoms with Gasteiger partial charge in [-0.3, -0.25) is 0 Å². The van der Waals surface area contributed by atoms with Crippen molar-refractivity contribution in [2.24, 2.45) is 0 Å². The van der Waals surface area contributed by atoms with Crippen molar-refractivity contribution in [2.45, 2.75) is 20.8 Å². The third-order valence-electron chi connectivity index (χ3n) is 3.39. The molecule has 0 saturated carbocycles. The minimum Gasteiger partial charge on any atom is -0.372 e. The Bertz CT molecular complexity index is 743. The van der Waals surface area contributed by atoms with Gasteiger partial charge >= 0.3 is 11.8 Å². The van der Waals surface area contributed by atoms with Gasteiger partial charge in [0.05, 0.1) is 0 Å². The van der Waals surface area contributed by atoms with Gasteiger partial charge < -0.3 is 13.9 Å². The van der Waals surface area contributed by atoms with Crippen LogP contribution in [-0.2, 0) is 0 Å². The maximum absolute atomic E-state index is 5.17. The van der Waals surface area contributed by atoms with E-state index in [1.807, 2.05) is 12.1 Å². The van der Waals surface area contributed by atoms with Crippen LogP contribution in [0, 0.1) is 6.92 Å². The van der Waals surface area contributed by atoms with Crippen LogP contribution >= 0.6 is 0 Å². The standard InChI is InChI=1S/C15H17N5O2/c1-4-20(5-2)12-8-6-11(7-9-12)13-17-15(22-19-13)14-16-10(3)18-21-14/h6-9H,4-5H2,1-3H3. The normalized spacial score (nSPS) is 10.9. The van der Waals surface area contributed by atoms with Crippen molar-refractivity contribution in [1.82, 2.24) is 20.3 Å². The van der Waals surface area contributed by atoms with Crippen molar-refractivity contribution in [2.75, 3.05) is 18.0 Å². The summed E-state index contributed by atoms with van der Waals surface area (Å²) in [7, 11) is 0. The first-order chi connectivity index (χ1) is 10.7. The number of anilines is 1. The molecule has 0 spiro atoms. The van der Waals surface area contributed by atoms with E-state index in [1.54, 1.807) is 6.92 Å². The Hall–Kier alpha value is -2.70. The summed E-state index contributed by atoms with van der Waals surface area (Å²) < 4.78 is 10.2. The van der Waals surface area contributed by atoms with E-state index in [4.69, 9.17) is 9.05 Å². The molecule has 0 bridgehead atoms. The van der Waals surface area contributed by atoms with E-state index in [9.17, 15) is 0 Å². The Kier molecular flexibility index (Phi) is 3.86. The highest BCUT2D eigenvalue weighted by atomic mass is 16.5. The average Bonchev–Trinajstić information content (AvgIpc) is 3.18. The Balaban J connectivity index is 1.84. The SMILES string of the molecule is CCN(CC)c1ccc(-c2noc(-c3nc(C)no3)n2)cc1. The molecular weight excluding hydrogens is 282 g/mol. The molecule has 2 aromatic heterocycles. The fourth-order valence-electron chi connectivity index (χ4n) is 2.22. The number of aryl methyl sites for hydroxylation is 1. The third kappa shape index (κ3) is 2.69. The molecule has 1 aromatic carbocycles. The van der Waals surface area contributed by atoms with E-state index in [2.05, 4.69) is 51.2 Å². The van der Waals surface area contributed by atoms with Crippen LogP contribution in [0.1, 0.15) is 19.7 Å². The predicted molar refractivity (Wildman–Crippen MR) is 81.3 cm³/mol. The first-order valence-corrected chi connectivity index (χ1v) is 7.21. The van der Waals surface area contributed by atoms with Crippen LogP contribution < -0.4 is 4.90 Å². The lowest BCUT2D eigenvalue weighted by Gasteiger charge is -2.20. The Morgan fingerprint density at radius 3 is 2.14 bits per heavy atom. The molecule has 7 nitrogen and oxygen atoms in total. The monoisotopic (exact) mass is 299 g/mol. The quantitative estimate of drug-likeness (QED) is 0.716. The van der Waals surface area contributed by atoms with E-state index >= 15 is 0 Å². The van der Waals surface area contributed by atoms with Gasteiger partial charge in [0.1, 0.15) is 0 Å². The molecule has 0 saturated heterocycles. The minimum atomic E-state index is 0.225. The van der Waals surface area contributed by atoms with Crippen molar-refractivity contribution in [3.63, 3.8) is 0 Å². The lowest BCUT2D eigenvalue weighted by molar-refractivity contribution is 0.381. The Morgan fingerprint density at radius 1 is 0.909 bits per heavy atom. The molecule has 2 heterocycles. The molecule has 0 aliphatic rings. The number of hydrogen-bond acceptors (Lipinski definition) is 7. The largest absolute Gasteiger partial charge is 0.372 e. The first-order valence-electron chi connectivity index (χ1n) is 7.21. The van der Waals surface area contributed by atoms with E-state index in [-0.39, 0.29) is 11.8 Å². The fourth-order valence-corrected chi connectivity index (χ4v) is 2.22. The number of aromatic nitrogens is 4. The summed E-state index contributed by atoms with van der Waals surface area (Å²) in [5, 5.41) is 7.66. The zero-order valence-corrected chi connectivity index (χ0v) is 12.8. The fraction of sp³-hybridized carbons (Fsp3) is 0.333. The first kappa shape index (κ1) is 14.2. The summed E-state index contributed by atoms with van der Waals surface area (Å²) in [5.41, 5.74) is 2.05. The molecule has 114 valence electrons. The number of benzene rings is 1. The van der Waals surface area contributed by atoms with Crippen LogP contribution in [0.15, 0.2) is 33.3 Å². The summed E-state index contributed by atoms with van der Waals surface area (Å²) in [6.45, 7) is 7.94. The minimum absolute atomic E-state index is 0.225. The second kappa shape index (κ2) is 5.97. The second-order valence-electron chi connectivity index (χ2n) is 4.79. The van der Waals surface area contributed by atoms with E-state index in [1.165, 1.54) is 5.69 Å². The number of nitrogens with zero attached hydrogens (tertiary/aromatic N) is 5. The highest BCUT2D eigenvalue weighted by Crippen LogP contribution is 2.23. The zero-order chi connectivity index (χ0) is 15.5. The summed E-state index contributed by atoms with van der Waals surface area (Å²) in [4.78, 5) is 10.6. The van der Waals surface area contributed by atoms with Gasteiger partial charge in [0, 0.05) is 24.3 Å². The summed E-state index contributed by atoms with van der Waals surface area (Å²) in [5.74, 6) is 1.48. The molecule has 0 N–H and O–H groups in total. The van der Waals surface area contributed by atoms with Gasteiger partial charge in [0.15, 0.2) is 5.82 Å². The van der Waals surface area contributed by atoms with Crippen LogP contribution in [0.5, 0.6) is 0 Å². The molecule has 0 amide bonds. The van der Waals surface area contributed by atoms with Gasteiger partial charge in [-0.1, -0.05) is 10.3 Å². The van der Waals surface area contributed by atoms with E-state index in [0.717, 1.165) is 18.7 Å². The number of rotatable bonds is 5. The molecule has 3 aromatic rings. The predicted octanol–water partition coefficient (Wildman–Crippen LogP) is 2.94. The van der Waals surface area contributed by atoms with Gasteiger partial charge in [-0.15, -0.1) is 0 Å². The average molecular weight is 299 g/mol. The van der Waals surface area contributed by atoms with Crippen LogP contribution in [-0.4, -0.2) is 33.4 Å². The highest BCUT2D eigenvalue weighted by Gasteiger charge is 2.16. The molecule has 22 heavy (non-hydrogen) atoms. The van der Waals surface area contributed by atoms with Crippen LogP contribution in [0.25, 0.3) is 23.2 Å². The van der Waals surface area contributed by atoms with Gasteiger partial charge in [-0.2, -0.15) is 9.97 Å². The molecule has 0 aliphatic heterocycles. The van der Waals surface area contributed by atoms with Crippen molar-refractivity contribution in [3.05, 3.63) is 30.1 Å². The second-order valence-corrected chi connectivity index (χ2v) is 4.79. The molecular formula is C15H17N5O2. The maximum atomic E-state index is 5.17. The van der Waals surface area contributed by atoms with Crippen molar-refractivity contribution >= 4 is 5.69 Å². The van der Waals surface area contributed by atoms with Gasteiger partial charge in [0.2, 0.25) is 5.82 Å². The summed E-state index contributed by atoms with van der Waals surface area (Å²) in [6, 6.07) is 8.05. The molecule has 0 unspecified atom stereocenters. The number of hydrogen-bond donors (Lipinski definition) is 0. The summed E-state index contributed by atoms with van der Waals surface area (Å²) >= 11 is 0. The van der Waals surface area contributed by atoms with Crippen molar-refractivity contribution < 1.29 is 9.05 Å². The Labute approximate surface area is 128 Å². The lowest BCUT2D eigenvalue weighted by Crippen LogP contribution is -2.21. The topological polar surface area (TPSA) is 81.1 Å². The van der Waals surface area contributed by atoms with E-state index < -0.39 is 0 Å². The molecule has 7 heteroatoms. The van der Waals surface area contributed by atoms with Crippen LogP contribution in [0.2, 0.25) is 0 Å².